The van der Waals surface area contributed by atoms with E-state index in [2.05, 4.69) is 16.0 Å². The number of fused-ring (bicyclic) bond motifs is 1. The molecule has 1 unspecified atom stereocenters. The van der Waals surface area contributed by atoms with Gasteiger partial charge in [0.25, 0.3) is 0 Å². The average Bonchev–Trinajstić information content (AvgIpc) is 3.45. The third-order valence-electron chi connectivity index (χ3n) is 6.90. The molecule has 37 heavy (non-hydrogen) atoms. The number of carbonyl (C=O) groups excluding carboxylic acids is 2. The number of nitrogens with one attached hydrogen (secondary N) is 1. The Morgan fingerprint density at radius 2 is 1.84 bits per heavy atom. The van der Waals surface area contributed by atoms with Gasteiger partial charge in [0.15, 0.2) is 0 Å². The number of carbonyl (C=O) groups is 2. The second kappa shape index (κ2) is 11.2. The van der Waals surface area contributed by atoms with Crippen molar-refractivity contribution in [1.29, 1.82) is 0 Å². The van der Waals surface area contributed by atoms with Gasteiger partial charge in [-0.05, 0) is 65.4 Å². The van der Waals surface area contributed by atoms with E-state index < -0.39 is 12.5 Å². The summed E-state index contributed by atoms with van der Waals surface area (Å²) in [5.41, 5.74) is 6.09. The van der Waals surface area contributed by atoms with Gasteiger partial charge in [-0.2, -0.15) is 0 Å². The van der Waals surface area contributed by atoms with Crippen LogP contribution >= 0.6 is 0 Å². The Kier molecular flexibility index (Phi) is 7.06. The lowest BCUT2D eigenvalue weighted by molar-refractivity contribution is -0.134. The molecule has 6 nitrogen and oxygen atoms in total. The van der Waals surface area contributed by atoms with Crippen LogP contribution < -0.4 is 4.90 Å². The summed E-state index contributed by atoms with van der Waals surface area (Å²) in [5.74, 6) is -0.561. The molecule has 1 N–H and O–H groups in total. The van der Waals surface area contributed by atoms with Gasteiger partial charge in [0, 0.05) is 17.7 Å². The maximum atomic E-state index is 13.8. The van der Waals surface area contributed by atoms with Gasteiger partial charge in [0.1, 0.15) is 0 Å². The average molecular weight is 495 g/mol. The quantitative estimate of drug-likeness (QED) is 0.234. The van der Waals surface area contributed by atoms with Crippen molar-refractivity contribution < 1.29 is 15.7 Å². The number of nitrogens with zero attached hydrogens (tertiary/aromatic N) is 2. The summed E-state index contributed by atoms with van der Waals surface area (Å²) in [4.78, 5) is 34.4. The lowest BCUT2D eigenvalue weighted by Crippen LogP contribution is -2.36. The number of esters is 1. The van der Waals surface area contributed by atoms with Crippen LogP contribution in [-0.2, 0) is 20.8 Å². The number of imidazole rings is 1. The van der Waals surface area contributed by atoms with Crippen molar-refractivity contribution in [2.24, 2.45) is 5.92 Å². The predicted molar refractivity (Wildman–Crippen MR) is 147 cm³/mol. The monoisotopic (exact) mass is 494 g/mol. The summed E-state index contributed by atoms with van der Waals surface area (Å²) in [5, 5.41) is 0. The molecule has 1 aromatic heterocycles. The Hall–Kier alpha value is -4.19. The fraction of sp³-hybridized carbons (Fsp3) is 0.258. The van der Waals surface area contributed by atoms with Crippen LogP contribution in [0.2, 0.25) is 0 Å². The van der Waals surface area contributed by atoms with Gasteiger partial charge in [-0.15, -0.1) is 0 Å². The second-order valence-corrected chi connectivity index (χ2v) is 9.38. The molecule has 0 radical (unpaired) electrons. The van der Waals surface area contributed by atoms with Crippen LogP contribution in [0.25, 0.3) is 28.2 Å². The molecule has 1 atom stereocenters. The molecule has 188 valence electrons. The minimum atomic E-state index is -0.909. The first-order chi connectivity index (χ1) is 18.5. The summed E-state index contributed by atoms with van der Waals surface area (Å²) < 4.78 is 13.9. The molecular formula is C31H31N3O3. The number of anilines is 1. The van der Waals surface area contributed by atoms with Gasteiger partial charge in [0.2, 0.25) is 5.91 Å². The number of aromatic amines is 1. The van der Waals surface area contributed by atoms with Crippen LogP contribution in [0.15, 0.2) is 79.1 Å². The number of hydrogen-bond acceptors (Lipinski definition) is 4. The zero-order chi connectivity index (χ0) is 26.5. The van der Waals surface area contributed by atoms with Crippen LogP contribution in [0.4, 0.5) is 5.69 Å². The van der Waals surface area contributed by atoms with Crippen molar-refractivity contribution in [2.75, 3.05) is 12.0 Å². The third kappa shape index (κ3) is 5.80. The normalized spacial score (nSPS) is 15.4. The second-order valence-electron chi connectivity index (χ2n) is 9.38. The highest BCUT2D eigenvalue weighted by molar-refractivity contribution is 5.95. The van der Waals surface area contributed by atoms with E-state index in [1.807, 2.05) is 60.7 Å². The molecule has 0 bridgehead atoms. The Morgan fingerprint density at radius 1 is 1.05 bits per heavy atom. The smallest absolute Gasteiger partial charge is 0.330 e. The van der Waals surface area contributed by atoms with Crippen molar-refractivity contribution in [3.63, 3.8) is 0 Å². The zero-order valence-electron chi connectivity index (χ0n) is 21.9. The predicted octanol–water partition coefficient (Wildman–Crippen LogP) is 6.53. The molecule has 1 fully saturated rings. The van der Waals surface area contributed by atoms with Gasteiger partial charge in [0.05, 0.1) is 32.4 Å². The van der Waals surface area contributed by atoms with E-state index in [1.54, 1.807) is 17.3 Å². The molecule has 1 heterocycles. The van der Waals surface area contributed by atoms with E-state index in [0.29, 0.717) is 5.69 Å². The van der Waals surface area contributed by atoms with E-state index in [9.17, 15) is 11.0 Å². The van der Waals surface area contributed by atoms with Crippen molar-refractivity contribution in [3.05, 3.63) is 90.3 Å². The van der Waals surface area contributed by atoms with Crippen molar-refractivity contribution in [1.82, 2.24) is 9.97 Å². The molecular weight excluding hydrogens is 462 g/mol. The maximum Gasteiger partial charge on any atom is 0.330 e. The summed E-state index contributed by atoms with van der Waals surface area (Å²) in [6, 6.07) is 21.3. The largest absolute Gasteiger partial charge is 0.466 e. The first-order valence-corrected chi connectivity index (χ1v) is 12.7. The Morgan fingerprint density at radius 3 is 2.62 bits per heavy atom. The first kappa shape index (κ1) is 23.2. The molecule has 1 saturated carbocycles. The van der Waals surface area contributed by atoms with Crippen LogP contribution in [0.3, 0.4) is 0 Å². The topological polar surface area (TPSA) is 75.3 Å². The van der Waals surface area contributed by atoms with Crippen molar-refractivity contribution in [3.8, 4) is 11.1 Å². The van der Waals surface area contributed by atoms with Gasteiger partial charge in [-0.25, -0.2) is 9.78 Å². The number of aromatic nitrogens is 2. The summed E-state index contributed by atoms with van der Waals surface area (Å²) >= 11 is 0. The van der Waals surface area contributed by atoms with E-state index in [1.165, 1.54) is 13.2 Å². The minimum Gasteiger partial charge on any atom is -0.466 e. The standard InChI is InChI=1S/C31H31N3O3/c1-37-30(35)17-12-22-6-5-9-27(18-22)34(31(36)25-7-3-2-4-8-25)20-23-10-13-24(14-11-23)26-15-16-28-29(19-26)33-21-32-28/h5-6,9-19,21,25H,2-4,7-8,20H2,1H3,(H,32,33)/b17-12+/i20D. The molecule has 5 rings (SSSR count). The fourth-order valence-electron chi connectivity index (χ4n) is 4.85. The van der Waals surface area contributed by atoms with Crippen LogP contribution in [-0.4, -0.2) is 29.0 Å². The lowest BCUT2D eigenvalue weighted by atomic mass is 9.88. The molecule has 3 aromatic carbocycles. The lowest BCUT2D eigenvalue weighted by Gasteiger charge is -2.30. The summed E-state index contributed by atoms with van der Waals surface area (Å²) in [6.07, 6.45) is 9.59. The number of methoxy groups -OCH3 is 1. The highest BCUT2D eigenvalue weighted by Gasteiger charge is 2.27. The number of H-pyrrole nitrogens is 1. The van der Waals surface area contributed by atoms with Crippen molar-refractivity contribution in [2.45, 2.75) is 38.6 Å². The van der Waals surface area contributed by atoms with E-state index in [-0.39, 0.29) is 11.8 Å². The molecule has 0 spiro atoms. The molecule has 1 amide bonds. The van der Waals surface area contributed by atoms with Crippen LogP contribution in [0, 0.1) is 5.92 Å². The first-order valence-electron chi connectivity index (χ1n) is 13.3. The van der Waals surface area contributed by atoms with Crippen molar-refractivity contribution >= 4 is 34.7 Å². The zero-order valence-corrected chi connectivity index (χ0v) is 20.9. The van der Waals surface area contributed by atoms with Gasteiger partial charge < -0.3 is 14.6 Å². The summed E-state index contributed by atoms with van der Waals surface area (Å²) in [6.45, 7) is -0.909. The Balaban J connectivity index is 1.45. The van der Waals surface area contributed by atoms with Gasteiger partial charge in [-0.1, -0.05) is 61.7 Å². The molecule has 0 saturated heterocycles. The third-order valence-corrected chi connectivity index (χ3v) is 6.90. The minimum absolute atomic E-state index is 0.0208. The summed E-state index contributed by atoms with van der Waals surface area (Å²) in [7, 11) is 1.33. The fourth-order valence-corrected chi connectivity index (χ4v) is 4.85. The van der Waals surface area contributed by atoms with Crippen LogP contribution in [0.5, 0.6) is 0 Å². The molecule has 4 aromatic rings. The van der Waals surface area contributed by atoms with Crippen LogP contribution in [0.1, 0.15) is 44.6 Å². The molecule has 0 aliphatic heterocycles. The Bertz CT molecular complexity index is 1450. The number of rotatable bonds is 7. The molecule has 1 aliphatic rings. The molecule has 1 aliphatic carbocycles. The number of hydrogen-bond donors (Lipinski definition) is 1. The van der Waals surface area contributed by atoms with Gasteiger partial charge >= 0.3 is 5.97 Å². The number of ether oxygens (including phenoxy) is 1. The van der Waals surface area contributed by atoms with E-state index in [0.717, 1.165) is 65.4 Å². The van der Waals surface area contributed by atoms with Gasteiger partial charge in [-0.3, -0.25) is 4.79 Å². The SMILES string of the molecule is [2H]C(c1ccc(-c2ccc3nc[nH]c3c2)cc1)N(C(=O)C1CCCCC1)c1cccc(/C=C/C(=O)OC)c1. The maximum absolute atomic E-state index is 13.8. The van der Waals surface area contributed by atoms with E-state index >= 15 is 0 Å². The number of benzene rings is 3. The molecule has 6 heteroatoms. The highest BCUT2D eigenvalue weighted by Crippen LogP contribution is 2.30. The Labute approximate surface area is 218 Å². The number of amides is 1. The van der Waals surface area contributed by atoms with E-state index in [4.69, 9.17) is 4.74 Å². The highest BCUT2D eigenvalue weighted by atomic mass is 16.5.